The molecule has 114 valence electrons. The first kappa shape index (κ1) is 14.4. The molecule has 0 spiro atoms. The van der Waals surface area contributed by atoms with Crippen molar-refractivity contribution in [3.05, 3.63) is 0 Å². The number of carbonyl (C=O) groups is 1. The third-order valence-corrected chi connectivity index (χ3v) is 5.80. The third-order valence-electron chi connectivity index (χ3n) is 5.80. The minimum absolute atomic E-state index is 0.413. The van der Waals surface area contributed by atoms with E-state index in [0.29, 0.717) is 18.5 Å². The van der Waals surface area contributed by atoms with Gasteiger partial charge in [0.2, 0.25) is 5.91 Å². The fraction of sp³-hybridized carbons (Fsp3) is 0.941. The van der Waals surface area contributed by atoms with Gasteiger partial charge in [-0.15, -0.1) is 0 Å². The molecule has 20 heavy (non-hydrogen) atoms. The topological polar surface area (TPSA) is 23.6 Å². The molecule has 2 aliphatic heterocycles. The summed E-state index contributed by atoms with van der Waals surface area (Å²) >= 11 is 0. The van der Waals surface area contributed by atoms with Crippen LogP contribution < -0.4 is 0 Å². The maximum atomic E-state index is 12.7. The average Bonchev–Trinajstić information content (AvgIpc) is 2.49. The zero-order chi connectivity index (χ0) is 13.9. The van der Waals surface area contributed by atoms with Gasteiger partial charge < -0.3 is 4.90 Å². The molecule has 0 N–H and O–H groups in total. The van der Waals surface area contributed by atoms with Crippen molar-refractivity contribution >= 4 is 5.91 Å². The van der Waals surface area contributed by atoms with Gasteiger partial charge in [0.1, 0.15) is 0 Å². The number of amides is 1. The molecule has 2 unspecified atom stereocenters. The molecule has 0 aromatic rings. The molecule has 0 aromatic heterocycles. The Morgan fingerprint density at radius 2 is 1.65 bits per heavy atom. The van der Waals surface area contributed by atoms with Crippen molar-refractivity contribution in [2.45, 2.75) is 64.3 Å². The van der Waals surface area contributed by atoms with Crippen LogP contribution in [0.4, 0.5) is 0 Å². The van der Waals surface area contributed by atoms with Crippen molar-refractivity contribution < 1.29 is 4.79 Å². The summed E-state index contributed by atoms with van der Waals surface area (Å²) in [6, 6.07) is 0.578. The van der Waals surface area contributed by atoms with Crippen molar-refractivity contribution in [3.8, 4) is 0 Å². The summed E-state index contributed by atoms with van der Waals surface area (Å²) < 4.78 is 0. The Hall–Kier alpha value is -0.570. The van der Waals surface area contributed by atoms with Gasteiger partial charge in [-0.2, -0.15) is 0 Å². The fourth-order valence-electron chi connectivity index (χ4n) is 4.44. The predicted octanol–water partition coefficient (Wildman–Crippen LogP) is 2.90. The molecule has 0 aromatic carbocycles. The number of hydrogen-bond donors (Lipinski definition) is 0. The van der Waals surface area contributed by atoms with Crippen molar-refractivity contribution in [2.75, 3.05) is 26.2 Å². The van der Waals surface area contributed by atoms with E-state index in [-0.39, 0.29) is 0 Å². The fourth-order valence-corrected chi connectivity index (χ4v) is 4.44. The summed E-state index contributed by atoms with van der Waals surface area (Å²) in [4.78, 5) is 17.3. The molecule has 3 fully saturated rings. The van der Waals surface area contributed by atoms with Crippen molar-refractivity contribution in [1.29, 1.82) is 0 Å². The van der Waals surface area contributed by atoms with E-state index in [2.05, 4.69) is 16.7 Å². The monoisotopic (exact) mass is 278 g/mol. The Kier molecular flexibility index (Phi) is 4.65. The molecule has 1 amide bonds. The highest BCUT2D eigenvalue weighted by Gasteiger charge is 2.36. The highest BCUT2D eigenvalue weighted by molar-refractivity contribution is 5.78. The maximum absolute atomic E-state index is 12.7. The zero-order valence-corrected chi connectivity index (χ0v) is 13.0. The average molecular weight is 278 g/mol. The summed E-state index contributed by atoms with van der Waals surface area (Å²) in [6.07, 6.45) is 10.4. The van der Waals surface area contributed by atoms with E-state index in [1.165, 1.54) is 51.4 Å². The standard InChI is InChI=1S/C17H30N2O/c1-14-8-11-18(12-9-14)13-17(20)19-10-4-6-15-5-2-3-7-16(15)19/h14-16H,2-13H2,1H3. The number of fused-ring (bicyclic) bond motifs is 1. The number of hydrogen-bond acceptors (Lipinski definition) is 2. The van der Waals surface area contributed by atoms with E-state index < -0.39 is 0 Å². The van der Waals surface area contributed by atoms with Gasteiger partial charge in [0, 0.05) is 12.6 Å². The molecule has 1 saturated carbocycles. The van der Waals surface area contributed by atoms with Gasteiger partial charge in [-0.3, -0.25) is 9.69 Å². The first-order valence-electron chi connectivity index (χ1n) is 8.76. The minimum Gasteiger partial charge on any atom is -0.338 e. The Morgan fingerprint density at radius 1 is 0.950 bits per heavy atom. The summed E-state index contributed by atoms with van der Waals surface area (Å²) in [6.45, 7) is 6.26. The number of carbonyl (C=O) groups excluding carboxylic acids is 1. The molecule has 3 aliphatic rings. The summed E-state index contributed by atoms with van der Waals surface area (Å²) in [5, 5.41) is 0. The van der Waals surface area contributed by atoms with E-state index in [9.17, 15) is 4.79 Å². The zero-order valence-electron chi connectivity index (χ0n) is 13.0. The van der Waals surface area contributed by atoms with Crippen molar-refractivity contribution in [2.24, 2.45) is 11.8 Å². The first-order chi connectivity index (χ1) is 9.74. The molecule has 2 atom stereocenters. The lowest BCUT2D eigenvalue weighted by Gasteiger charge is -2.45. The minimum atomic E-state index is 0.413. The number of rotatable bonds is 2. The van der Waals surface area contributed by atoms with Gasteiger partial charge in [-0.1, -0.05) is 19.8 Å². The van der Waals surface area contributed by atoms with Crippen LogP contribution in [0.2, 0.25) is 0 Å². The quantitative estimate of drug-likeness (QED) is 0.775. The second-order valence-electron chi connectivity index (χ2n) is 7.30. The molecular formula is C17H30N2O. The van der Waals surface area contributed by atoms with E-state index in [0.717, 1.165) is 31.5 Å². The van der Waals surface area contributed by atoms with Gasteiger partial charge in [-0.25, -0.2) is 0 Å². The van der Waals surface area contributed by atoms with Crippen LogP contribution in [0.1, 0.15) is 58.3 Å². The van der Waals surface area contributed by atoms with Crippen LogP contribution in [-0.4, -0.2) is 47.9 Å². The second kappa shape index (κ2) is 6.46. The van der Waals surface area contributed by atoms with E-state index in [1.54, 1.807) is 0 Å². The molecular weight excluding hydrogens is 248 g/mol. The van der Waals surface area contributed by atoms with Crippen LogP contribution in [0.3, 0.4) is 0 Å². The SMILES string of the molecule is CC1CCN(CC(=O)N2CCCC3CCCCC32)CC1. The van der Waals surface area contributed by atoms with Gasteiger partial charge in [-0.05, 0) is 63.5 Å². The second-order valence-corrected chi connectivity index (χ2v) is 7.30. The Balaban J connectivity index is 1.55. The van der Waals surface area contributed by atoms with Crippen LogP contribution >= 0.6 is 0 Å². The van der Waals surface area contributed by atoms with Gasteiger partial charge in [0.05, 0.1) is 6.54 Å². The van der Waals surface area contributed by atoms with Crippen LogP contribution in [0.15, 0.2) is 0 Å². The molecule has 0 bridgehead atoms. The number of likely N-dealkylation sites (tertiary alicyclic amines) is 2. The van der Waals surface area contributed by atoms with Gasteiger partial charge in [0.15, 0.2) is 0 Å². The van der Waals surface area contributed by atoms with E-state index in [1.807, 2.05) is 0 Å². The van der Waals surface area contributed by atoms with Crippen LogP contribution in [-0.2, 0) is 4.79 Å². The summed E-state index contributed by atoms with van der Waals surface area (Å²) in [7, 11) is 0. The van der Waals surface area contributed by atoms with Gasteiger partial charge >= 0.3 is 0 Å². The van der Waals surface area contributed by atoms with Gasteiger partial charge in [0.25, 0.3) is 0 Å². The highest BCUT2D eigenvalue weighted by atomic mass is 16.2. The molecule has 3 rings (SSSR count). The summed E-state index contributed by atoms with van der Waals surface area (Å²) in [5.74, 6) is 2.07. The lowest BCUT2D eigenvalue weighted by molar-refractivity contribution is -0.139. The van der Waals surface area contributed by atoms with E-state index >= 15 is 0 Å². The molecule has 0 radical (unpaired) electrons. The Labute approximate surface area is 123 Å². The lowest BCUT2D eigenvalue weighted by atomic mass is 9.78. The van der Waals surface area contributed by atoms with Crippen molar-refractivity contribution in [3.63, 3.8) is 0 Å². The highest BCUT2D eigenvalue weighted by Crippen LogP contribution is 2.35. The molecule has 2 saturated heterocycles. The van der Waals surface area contributed by atoms with Crippen LogP contribution in [0.25, 0.3) is 0 Å². The van der Waals surface area contributed by atoms with E-state index in [4.69, 9.17) is 0 Å². The Morgan fingerprint density at radius 3 is 2.45 bits per heavy atom. The maximum Gasteiger partial charge on any atom is 0.237 e. The number of nitrogens with zero attached hydrogens (tertiary/aromatic N) is 2. The van der Waals surface area contributed by atoms with Crippen LogP contribution in [0, 0.1) is 11.8 Å². The molecule has 1 aliphatic carbocycles. The molecule has 3 heteroatoms. The molecule has 2 heterocycles. The predicted molar refractivity (Wildman–Crippen MR) is 81.5 cm³/mol. The van der Waals surface area contributed by atoms with Crippen molar-refractivity contribution in [1.82, 2.24) is 9.80 Å². The normalized spacial score (nSPS) is 33.0. The number of piperidine rings is 2. The molecule has 3 nitrogen and oxygen atoms in total. The third kappa shape index (κ3) is 3.19. The van der Waals surface area contributed by atoms with Crippen LogP contribution in [0.5, 0.6) is 0 Å². The first-order valence-corrected chi connectivity index (χ1v) is 8.76. The largest absolute Gasteiger partial charge is 0.338 e. The Bertz CT molecular complexity index is 334. The smallest absolute Gasteiger partial charge is 0.237 e. The summed E-state index contributed by atoms with van der Waals surface area (Å²) in [5.41, 5.74) is 0. The lowest BCUT2D eigenvalue weighted by Crippen LogP contribution is -2.53.